The Morgan fingerprint density at radius 2 is 1.79 bits per heavy atom. The molecule has 2 aliphatic rings. The minimum atomic E-state index is -0.932. The lowest BCUT2D eigenvalue weighted by Crippen LogP contribution is -2.48. The first-order chi connectivity index (χ1) is 15.9. The van der Waals surface area contributed by atoms with Crippen LogP contribution in [-0.2, 0) is 9.59 Å². The molecule has 2 aromatic rings. The van der Waals surface area contributed by atoms with Crippen molar-refractivity contribution in [2.45, 2.75) is 38.5 Å². The fourth-order valence-corrected chi connectivity index (χ4v) is 5.30. The van der Waals surface area contributed by atoms with Crippen molar-refractivity contribution in [3.63, 3.8) is 0 Å². The summed E-state index contributed by atoms with van der Waals surface area (Å²) < 4.78 is 5.48. The molecule has 1 amide bonds. The molecule has 1 aliphatic carbocycles. The number of pyridine rings is 1. The third-order valence-electron chi connectivity index (χ3n) is 6.65. The molecule has 1 aromatic carbocycles. The first kappa shape index (κ1) is 23.0. The van der Waals surface area contributed by atoms with Gasteiger partial charge in [-0.3, -0.25) is 19.4 Å². The Balaban J connectivity index is 1.51. The molecule has 1 spiro atoms. The van der Waals surface area contributed by atoms with Crippen LogP contribution in [0.25, 0.3) is 0 Å². The predicted molar refractivity (Wildman–Crippen MR) is 124 cm³/mol. The van der Waals surface area contributed by atoms with Gasteiger partial charge < -0.3 is 9.64 Å². The van der Waals surface area contributed by atoms with Crippen LogP contribution >= 0.6 is 11.6 Å². The van der Waals surface area contributed by atoms with Crippen LogP contribution in [0.3, 0.4) is 0 Å². The Kier molecular flexibility index (Phi) is 6.53. The molecular formula is C26H25ClN2O4. The molecule has 0 N–H and O–H groups in total. The lowest BCUT2D eigenvalue weighted by Gasteiger charge is -2.44. The molecule has 170 valence electrons. The van der Waals surface area contributed by atoms with Crippen LogP contribution in [0, 0.1) is 17.3 Å². The zero-order valence-electron chi connectivity index (χ0n) is 18.7. The van der Waals surface area contributed by atoms with Gasteiger partial charge in [-0.1, -0.05) is 17.5 Å². The molecule has 1 saturated carbocycles. The van der Waals surface area contributed by atoms with Gasteiger partial charge in [0.15, 0.2) is 0 Å². The number of Topliss-reactive ketones (excluding diaryl/α,β-unsaturated/α-hetero) is 2. The normalized spacial score (nSPS) is 18.1. The van der Waals surface area contributed by atoms with E-state index in [0.717, 1.165) is 0 Å². The zero-order chi connectivity index (χ0) is 23.6. The number of amides is 1. The van der Waals surface area contributed by atoms with E-state index in [-0.39, 0.29) is 30.3 Å². The van der Waals surface area contributed by atoms with Crippen molar-refractivity contribution in [1.29, 1.82) is 0 Å². The summed E-state index contributed by atoms with van der Waals surface area (Å²) in [5.41, 5.74) is 1.28. The number of ketones is 2. The summed E-state index contributed by atoms with van der Waals surface area (Å²) in [5.74, 6) is 4.87. The summed E-state index contributed by atoms with van der Waals surface area (Å²) in [5, 5.41) is 0.313. The molecule has 1 aliphatic heterocycles. The number of ether oxygens (including phenoxy) is 1. The number of aromatic nitrogens is 1. The lowest BCUT2D eigenvalue weighted by molar-refractivity contribution is -0.138. The number of rotatable bonds is 3. The van der Waals surface area contributed by atoms with Gasteiger partial charge in [-0.25, -0.2) is 0 Å². The SMILES string of the molecule is CC#Cc1cc(Cl)c(C2C(=O)CC3(CCN(C(=O)c4ccncc4)CC3)CC2=O)c(OC)c1. The lowest BCUT2D eigenvalue weighted by atomic mass is 9.63. The number of carbonyl (C=O) groups is 3. The van der Waals surface area contributed by atoms with Crippen LogP contribution in [0.15, 0.2) is 36.7 Å². The van der Waals surface area contributed by atoms with E-state index >= 15 is 0 Å². The average molecular weight is 465 g/mol. The maximum Gasteiger partial charge on any atom is 0.253 e. The molecule has 7 heteroatoms. The Morgan fingerprint density at radius 3 is 2.36 bits per heavy atom. The molecule has 2 fully saturated rings. The second kappa shape index (κ2) is 9.36. The molecular weight excluding hydrogens is 440 g/mol. The molecule has 6 nitrogen and oxygen atoms in total. The van der Waals surface area contributed by atoms with E-state index in [9.17, 15) is 14.4 Å². The van der Waals surface area contributed by atoms with Crippen LogP contribution < -0.4 is 4.74 Å². The third kappa shape index (κ3) is 4.51. The Labute approximate surface area is 198 Å². The molecule has 0 unspecified atom stereocenters. The number of carbonyl (C=O) groups excluding carboxylic acids is 3. The Morgan fingerprint density at radius 1 is 1.15 bits per heavy atom. The second-order valence-electron chi connectivity index (χ2n) is 8.70. The topological polar surface area (TPSA) is 76.6 Å². The van der Waals surface area contributed by atoms with E-state index in [4.69, 9.17) is 16.3 Å². The van der Waals surface area contributed by atoms with Crippen LogP contribution in [-0.4, -0.2) is 47.6 Å². The van der Waals surface area contributed by atoms with Crippen molar-refractivity contribution in [3.05, 3.63) is 58.4 Å². The number of likely N-dealkylation sites (tertiary alicyclic amines) is 1. The molecule has 1 saturated heterocycles. The van der Waals surface area contributed by atoms with Gasteiger partial charge in [0, 0.05) is 60.0 Å². The molecule has 33 heavy (non-hydrogen) atoms. The summed E-state index contributed by atoms with van der Waals surface area (Å²) in [6.07, 6.45) is 5.00. The van der Waals surface area contributed by atoms with Gasteiger partial charge in [-0.15, -0.1) is 5.92 Å². The van der Waals surface area contributed by atoms with E-state index in [0.29, 0.717) is 53.4 Å². The van der Waals surface area contributed by atoms with E-state index < -0.39 is 11.3 Å². The molecule has 1 aromatic heterocycles. The third-order valence-corrected chi connectivity index (χ3v) is 6.96. The number of piperidine rings is 1. The van der Waals surface area contributed by atoms with Gasteiger partial charge in [0.1, 0.15) is 23.2 Å². The molecule has 0 bridgehead atoms. The Hall–Kier alpha value is -3.17. The summed E-state index contributed by atoms with van der Waals surface area (Å²) in [6, 6.07) is 6.77. The van der Waals surface area contributed by atoms with Crippen molar-refractivity contribution in [1.82, 2.24) is 9.88 Å². The largest absolute Gasteiger partial charge is 0.496 e. The van der Waals surface area contributed by atoms with Gasteiger partial charge in [-0.05, 0) is 49.4 Å². The number of hydrogen-bond acceptors (Lipinski definition) is 5. The number of halogens is 1. The van der Waals surface area contributed by atoms with Gasteiger partial charge >= 0.3 is 0 Å². The van der Waals surface area contributed by atoms with Crippen molar-refractivity contribution < 1.29 is 19.1 Å². The highest BCUT2D eigenvalue weighted by Gasteiger charge is 2.48. The van der Waals surface area contributed by atoms with Crippen LogP contribution in [0.5, 0.6) is 5.75 Å². The number of hydrogen-bond donors (Lipinski definition) is 0. The second-order valence-corrected chi connectivity index (χ2v) is 9.10. The minimum absolute atomic E-state index is 0.0506. The molecule has 0 radical (unpaired) electrons. The smallest absolute Gasteiger partial charge is 0.253 e. The van der Waals surface area contributed by atoms with E-state index in [1.807, 2.05) is 0 Å². The molecule has 0 atom stereocenters. The van der Waals surface area contributed by atoms with Crippen LogP contribution in [0.1, 0.15) is 60.0 Å². The number of benzene rings is 1. The Bertz CT molecular complexity index is 1140. The zero-order valence-corrected chi connectivity index (χ0v) is 19.4. The first-order valence-corrected chi connectivity index (χ1v) is 11.3. The van der Waals surface area contributed by atoms with Crippen molar-refractivity contribution in [2.75, 3.05) is 20.2 Å². The van der Waals surface area contributed by atoms with Crippen molar-refractivity contribution in [2.24, 2.45) is 5.41 Å². The van der Waals surface area contributed by atoms with Crippen molar-refractivity contribution in [3.8, 4) is 17.6 Å². The number of methoxy groups -OCH3 is 1. The summed E-state index contributed by atoms with van der Waals surface area (Å²) in [4.78, 5) is 45.1. The minimum Gasteiger partial charge on any atom is -0.496 e. The fourth-order valence-electron chi connectivity index (χ4n) is 4.98. The summed E-state index contributed by atoms with van der Waals surface area (Å²) in [7, 11) is 1.49. The van der Waals surface area contributed by atoms with Crippen LogP contribution in [0.2, 0.25) is 5.02 Å². The highest BCUT2D eigenvalue weighted by atomic mass is 35.5. The fraction of sp³-hybridized carbons (Fsp3) is 0.385. The quantitative estimate of drug-likeness (QED) is 0.506. The standard InChI is InChI=1S/C26H25ClN2O4/c1-3-4-17-13-19(27)23(22(14-17)33-2)24-20(30)15-26(16-21(24)31)7-11-29(12-8-26)25(32)18-5-9-28-10-6-18/h5-6,9-10,13-14,24H,7-8,11-12,15-16H2,1-2H3. The monoisotopic (exact) mass is 464 g/mol. The van der Waals surface area contributed by atoms with Crippen molar-refractivity contribution >= 4 is 29.1 Å². The molecule has 2 heterocycles. The average Bonchev–Trinajstić information content (AvgIpc) is 2.80. The predicted octanol–water partition coefficient (Wildman–Crippen LogP) is 4.05. The van der Waals surface area contributed by atoms with Gasteiger partial charge in [0.05, 0.1) is 7.11 Å². The highest BCUT2D eigenvalue weighted by molar-refractivity contribution is 6.32. The maximum atomic E-state index is 13.3. The van der Waals surface area contributed by atoms with Gasteiger partial charge in [0.2, 0.25) is 0 Å². The summed E-state index contributed by atoms with van der Waals surface area (Å²) in [6.45, 7) is 2.75. The van der Waals surface area contributed by atoms with E-state index in [2.05, 4.69) is 16.8 Å². The molecule has 4 rings (SSSR count). The van der Waals surface area contributed by atoms with Gasteiger partial charge in [0.25, 0.3) is 5.91 Å². The maximum absolute atomic E-state index is 13.3. The number of nitrogens with zero attached hydrogens (tertiary/aromatic N) is 2. The van der Waals surface area contributed by atoms with Crippen LogP contribution in [0.4, 0.5) is 0 Å². The van der Waals surface area contributed by atoms with E-state index in [1.54, 1.807) is 48.5 Å². The highest BCUT2D eigenvalue weighted by Crippen LogP contribution is 2.48. The first-order valence-electron chi connectivity index (χ1n) is 10.9. The summed E-state index contributed by atoms with van der Waals surface area (Å²) >= 11 is 6.50. The van der Waals surface area contributed by atoms with E-state index in [1.165, 1.54) is 7.11 Å². The van der Waals surface area contributed by atoms with Gasteiger partial charge in [-0.2, -0.15) is 0 Å².